The summed E-state index contributed by atoms with van der Waals surface area (Å²) in [6.07, 6.45) is 0.640. The molecule has 2 aromatic carbocycles. The van der Waals surface area contributed by atoms with Gasteiger partial charge in [0.05, 0.1) is 0 Å². The SMILES string of the molecule is CC[C@@H](Oc1ccccc1)C(=O)O[C@H](C(=O)NC1CC1)c1ccccc1. The third-order valence-electron chi connectivity index (χ3n) is 4.15. The number of rotatable bonds is 8. The molecule has 1 amide bonds. The highest BCUT2D eigenvalue weighted by molar-refractivity contribution is 5.86. The molecular weight excluding hydrogens is 330 g/mol. The maximum Gasteiger partial charge on any atom is 0.348 e. The normalized spacial score (nSPS) is 15.6. The molecule has 1 fully saturated rings. The fourth-order valence-corrected chi connectivity index (χ4v) is 2.56. The Morgan fingerprint density at radius 2 is 1.65 bits per heavy atom. The van der Waals surface area contributed by atoms with E-state index in [1.54, 1.807) is 24.3 Å². The maximum absolute atomic E-state index is 12.6. The quantitative estimate of drug-likeness (QED) is 0.739. The van der Waals surface area contributed by atoms with Crippen LogP contribution in [0.5, 0.6) is 5.75 Å². The van der Waals surface area contributed by atoms with Crippen molar-refractivity contribution in [2.75, 3.05) is 0 Å². The van der Waals surface area contributed by atoms with Crippen molar-refractivity contribution in [2.45, 2.75) is 44.4 Å². The molecule has 0 radical (unpaired) electrons. The molecule has 2 atom stereocenters. The van der Waals surface area contributed by atoms with Gasteiger partial charge in [-0.3, -0.25) is 4.79 Å². The van der Waals surface area contributed by atoms with Gasteiger partial charge < -0.3 is 14.8 Å². The van der Waals surface area contributed by atoms with Crippen molar-refractivity contribution >= 4 is 11.9 Å². The van der Waals surface area contributed by atoms with E-state index >= 15 is 0 Å². The van der Waals surface area contributed by atoms with Crippen LogP contribution >= 0.6 is 0 Å². The van der Waals surface area contributed by atoms with Crippen molar-refractivity contribution < 1.29 is 19.1 Å². The summed E-state index contributed by atoms with van der Waals surface area (Å²) in [5.74, 6) is -0.243. The molecule has 1 aliphatic rings. The van der Waals surface area contributed by atoms with Gasteiger partial charge in [-0.15, -0.1) is 0 Å². The van der Waals surface area contributed by atoms with E-state index in [1.807, 2.05) is 43.3 Å². The van der Waals surface area contributed by atoms with Gasteiger partial charge >= 0.3 is 5.97 Å². The van der Waals surface area contributed by atoms with Crippen LogP contribution in [0.1, 0.15) is 37.9 Å². The Balaban J connectivity index is 1.71. The van der Waals surface area contributed by atoms with Crippen LogP contribution in [0, 0.1) is 0 Å². The molecule has 5 nitrogen and oxygen atoms in total. The van der Waals surface area contributed by atoms with E-state index in [2.05, 4.69) is 5.32 Å². The van der Waals surface area contributed by atoms with Crippen LogP contribution < -0.4 is 10.1 Å². The largest absolute Gasteiger partial charge is 0.479 e. The van der Waals surface area contributed by atoms with Gasteiger partial charge in [0.2, 0.25) is 6.10 Å². The molecule has 5 heteroatoms. The summed E-state index contributed by atoms with van der Waals surface area (Å²) in [7, 11) is 0. The Morgan fingerprint density at radius 1 is 1.04 bits per heavy atom. The van der Waals surface area contributed by atoms with E-state index in [4.69, 9.17) is 9.47 Å². The first kappa shape index (κ1) is 18.0. The molecule has 26 heavy (non-hydrogen) atoms. The second-order valence-electron chi connectivity index (χ2n) is 6.34. The number of carbonyl (C=O) groups is 2. The van der Waals surface area contributed by atoms with Crippen LogP contribution in [0.2, 0.25) is 0 Å². The lowest BCUT2D eigenvalue weighted by molar-refractivity contribution is -0.163. The number of para-hydroxylation sites is 1. The molecule has 1 N–H and O–H groups in total. The van der Waals surface area contributed by atoms with Crippen LogP contribution in [-0.4, -0.2) is 24.0 Å². The van der Waals surface area contributed by atoms with Crippen LogP contribution in [0.25, 0.3) is 0 Å². The molecule has 0 aromatic heterocycles. The zero-order valence-corrected chi connectivity index (χ0v) is 14.8. The van der Waals surface area contributed by atoms with Crippen molar-refractivity contribution in [3.05, 3.63) is 66.2 Å². The Kier molecular flexibility index (Phi) is 5.89. The van der Waals surface area contributed by atoms with Gasteiger partial charge in [-0.25, -0.2) is 4.79 Å². The Hall–Kier alpha value is -2.82. The highest BCUT2D eigenvalue weighted by atomic mass is 16.6. The zero-order valence-electron chi connectivity index (χ0n) is 14.8. The van der Waals surface area contributed by atoms with Crippen molar-refractivity contribution in [2.24, 2.45) is 0 Å². The molecule has 0 saturated heterocycles. The summed E-state index contributed by atoms with van der Waals surface area (Å²) in [5.41, 5.74) is 0.647. The first-order valence-electron chi connectivity index (χ1n) is 8.95. The molecule has 0 spiro atoms. The van der Waals surface area contributed by atoms with E-state index < -0.39 is 18.2 Å². The summed E-state index contributed by atoms with van der Waals surface area (Å²) < 4.78 is 11.3. The molecule has 3 rings (SSSR count). The summed E-state index contributed by atoms with van der Waals surface area (Å²) in [5, 5.41) is 2.91. The lowest BCUT2D eigenvalue weighted by Crippen LogP contribution is -2.37. The Bertz CT molecular complexity index is 728. The lowest BCUT2D eigenvalue weighted by atomic mass is 10.1. The maximum atomic E-state index is 12.6. The molecule has 0 unspecified atom stereocenters. The molecule has 0 aliphatic heterocycles. The molecule has 2 aromatic rings. The fraction of sp³-hybridized carbons (Fsp3) is 0.333. The molecule has 1 aliphatic carbocycles. The second-order valence-corrected chi connectivity index (χ2v) is 6.34. The molecule has 0 bridgehead atoms. The predicted octanol–water partition coefficient (Wildman–Crippen LogP) is 3.41. The van der Waals surface area contributed by atoms with E-state index in [1.165, 1.54) is 0 Å². The van der Waals surface area contributed by atoms with Gasteiger partial charge in [0, 0.05) is 11.6 Å². The van der Waals surface area contributed by atoms with Crippen molar-refractivity contribution in [1.29, 1.82) is 0 Å². The number of carbonyl (C=O) groups excluding carboxylic acids is 2. The molecular formula is C21H23NO4. The summed E-state index contributed by atoms with van der Waals surface area (Å²) in [6.45, 7) is 1.84. The van der Waals surface area contributed by atoms with E-state index in [-0.39, 0.29) is 11.9 Å². The average Bonchev–Trinajstić information content (AvgIpc) is 3.49. The van der Waals surface area contributed by atoms with Crippen LogP contribution in [-0.2, 0) is 14.3 Å². The van der Waals surface area contributed by atoms with Gasteiger partial charge in [-0.05, 0) is 31.4 Å². The van der Waals surface area contributed by atoms with E-state index in [0.717, 1.165) is 12.8 Å². The number of hydrogen-bond donors (Lipinski definition) is 1. The second kappa shape index (κ2) is 8.52. The number of amides is 1. The topological polar surface area (TPSA) is 64.6 Å². The van der Waals surface area contributed by atoms with Crippen molar-refractivity contribution in [1.82, 2.24) is 5.32 Å². The minimum Gasteiger partial charge on any atom is -0.479 e. The van der Waals surface area contributed by atoms with Crippen LogP contribution in [0.3, 0.4) is 0 Å². The highest BCUT2D eigenvalue weighted by Crippen LogP contribution is 2.24. The monoisotopic (exact) mass is 353 g/mol. The van der Waals surface area contributed by atoms with Gasteiger partial charge in [-0.2, -0.15) is 0 Å². The lowest BCUT2D eigenvalue weighted by Gasteiger charge is -2.22. The molecule has 0 heterocycles. The van der Waals surface area contributed by atoms with Crippen LogP contribution in [0.4, 0.5) is 0 Å². The van der Waals surface area contributed by atoms with Gasteiger partial charge in [0.1, 0.15) is 5.75 Å². The number of hydrogen-bond acceptors (Lipinski definition) is 4. The van der Waals surface area contributed by atoms with Crippen molar-refractivity contribution in [3.63, 3.8) is 0 Å². The Morgan fingerprint density at radius 3 is 2.23 bits per heavy atom. The van der Waals surface area contributed by atoms with E-state index in [0.29, 0.717) is 17.7 Å². The number of esters is 1. The standard InChI is InChI=1S/C21H23NO4/c1-2-18(25-17-11-7-4-8-12-17)21(24)26-19(15-9-5-3-6-10-15)20(23)22-16-13-14-16/h3-12,16,18-19H,2,13-14H2,1H3,(H,22,23)/t18-,19+/m1/s1. The molecule has 136 valence electrons. The van der Waals surface area contributed by atoms with Crippen molar-refractivity contribution in [3.8, 4) is 5.75 Å². The third kappa shape index (κ3) is 4.85. The minimum absolute atomic E-state index is 0.190. The highest BCUT2D eigenvalue weighted by Gasteiger charge is 2.32. The third-order valence-corrected chi connectivity index (χ3v) is 4.15. The number of nitrogens with one attached hydrogen (secondary N) is 1. The van der Waals surface area contributed by atoms with Crippen LogP contribution in [0.15, 0.2) is 60.7 Å². The fourth-order valence-electron chi connectivity index (χ4n) is 2.56. The zero-order chi connectivity index (χ0) is 18.4. The summed E-state index contributed by atoms with van der Waals surface area (Å²) in [4.78, 5) is 25.2. The first-order chi connectivity index (χ1) is 12.7. The minimum atomic E-state index is -0.974. The Labute approximate surface area is 153 Å². The van der Waals surface area contributed by atoms with Gasteiger partial charge in [-0.1, -0.05) is 55.5 Å². The van der Waals surface area contributed by atoms with E-state index in [9.17, 15) is 9.59 Å². The first-order valence-corrected chi connectivity index (χ1v) is 8.95. The molecule has 1 saturated carbocycles. The average molecular weight is 353 g/mol. The summed E-state index contributed by atoms with van der Waals surface area (Å²) >= 11 is 0. The van der Waals surface area contributed by atoms with Gasteiger partial charge in [0.15, 0.2) is 6.10 Å². The summed E-state index contributed by atoms with van der Waals surface area (Å²) in [6, 6.07) is 18.4. The van der Waals surface area contributed by atoms with Gasteiger partial charge in [0.25, 0.3) is 5.91 Å². The number of ether oxygens (including phenoxy) is 2. The smallest absolute Gasteiger partial charge is 0.348 e. The number of benzene rings is 2. The predicted molar refractivity (Wildman–Crippen MR) is 97.6 cm³/mol.